The minimum atomic E-state index is -0.198. The summed E-state index contributed by atoms with van der Waals surface area (Å²) in [6.45, 7) is 5.99. The number of benzene rings is 3. The molecule has 5 rings (SSSR count). The predicted octanol–water partition coefficient (Wildman–Crippen LogP) is 4.41. The van der Waals surface area contributed by atoms with Gasteiger partial charge in [-0.15, -0.1) is 0 Å². The maximum Gasteiger partial charge on any atom is 0.410 e. The molecular weight excluding hydrogens is 410 g/mol. The Labute approximate surface area is 196 Å². The van der Waals surface area contributed by atoms with Crippen LogP contribution in [-0.4, -0.2) is 66.2 Å². The number of nitrogens with zero attached hydrogens (tertiary/aromatic N) is 3. The van der Waals surface area contributed by atoms with Gasteiger partial charge in [0.1, 0.15) is 6.10 Å². The highest BCUT2D eigenvalue weighted by Gasteiger charge is 2.34. The molecule has 3 aromatic rings. The maximum atomic E-state index is 12.4. The highest BCUT2D eigenvalue weighted by atomic mass is 16.6. The summed E-state index contributed by atoms with van der Waals surface area (Å²) in [5.74, 6) is 0. The quantitative estimate of drug-likeness (QED) is 0.544. The largest absolute Gasteiger partial charge is 0.443 e. The van der Waals surface area contributed by atoms with Crippen molar-refractivity contribution in [2.45, 2.75) is 18.7 Å². The van der Waals surface area contributed by atoms with Crippen molar-refractivity contribution in [3.8, 4) is 0 Å². The number of hydrogen-bond acceptors (Lipinski definition) is 4. The van der Waals surface area contributed by atoms with E-state index < -0.39 is 0 Å². The second kappa shape index (κ2) is 10.2. The topological polar surface area (TPSA) is 36.0 Å². The Morgan fingerprint density at radius 2 is 1.30 bits per heavy atom. The molecule has 2 fully saturated rings. The average molecular weight is 442 g/mol. The second-order valence-electron chi connectivity index (χ2n) is 8.93. The summed E-state index contributed by atoms with van der Waals surface area (Å²) in [5, 5.41) is 0. The molecule has 170 valence electrons. The van der Waals surface area contributed by atoms with Gasteiger partial charge in [-0.05, 0) is 16.7 Å². The van der Waals surface area contributed by atoms with Crippen molar-refractivity contribution >= 4 is 6.09 Å². The summed E-state index contributed by atoms with van der Waals surface area (Å²) >= 11 is 0. The number of ether oxygens (including phenoxy) is 1. The second-order valence-corrected chi connectivity index (χ2v) is 8.93. The smallest absolute Gasteiger partial charge is 0.410 e. The molecule has 2 aliphatic rings. The molecule has 0 saturated carbocycles. The lowest BCUT2D eigenvalue weighted by Crippen LogP contribution is -2.50. The van der Waals surface area contributed by atoms with Crippen LogP contribution in [0.1, 0.15) is 22.7 Å². The zero-order valence-electron chi connectivity index (χ0n) is 18.9. The molecule has 1 amide bonds. The number of piperazine rings is 1. The van der Waals surface area contributed by atoms with Crippen LogP contribution < -0.4 is 0 Å². The average Bonchev–Trinajstić information content (AvgIpc) is 3.20. The van der Waals surface area contributed by atoms with E-state index in [4.69, 9.17) is 4.74 Å². The van der Waals surface area contributed by atoms with Crippen LogP contribution in [0.25, 0.3) is 0 Å². The molecule has 0 bridgehead atoms. The standard InChI is InChI=1S/C28H31N3O2/c32-28-31(20-23-10-4-1-5-11-23)22-26(33-28)21-29-16-18-30(19-17-29)27(24-12-6-2-7-13-24)25-14-8-3-9-15-25/h1-15,26-27H,16-22H2/t26-/m0/s1. The van der Waals surface area contributed by atoms with Gasteiger partial charge in [-0.25, -0.2) is 4.79 Å². The fourth-order valence-corrected chi connectivity index (χ4v) is 4.98. The van der Waals surface area contributed by atoms with Crippen LogP contribution in [0, 0.1) is 0 Å². The predicted molar refractivity (Wildman–Crippen MR) is 130 cm³/mol. The van der Waals surface area contributed by atoms with Gasteiger partial charge in [0.15, 0.2) is 0 Å². The molecule has 3 aromatic carbocycles. The molecule has 0 radical (unpaired) electrons. The van der Waals surface area contributed by atoms with E-state index in [2.05, 4.69) is 82.6 Å². The minimum absolute atomic E-state index is 0.0631. The first-order valence-corrected chi connectivity index (χ1v) is 11.8. The third-order valence-corrected chi connectivity index (χ3v) is 6.63. The summed E-state index contributed by atoms with van der Waals surface area (Å²) in [6.07, 6.45) is -0.262. The Balaban J connectivity index is 1.18. The molecule has 0 aromatic heterocycles. The number of carbonyl (C=O) groups is 1. The number of cyclic esters (lactones) is 1. The molecule has 0 N–H and O–H groups in total. The van der Waals surface area contributed by atoms with Crippen molar-refractivity contribution in [2.24, 2.45) is 0 Å². The Hall–Kier alpha value is -3.15. The normalized spacial score (nSPS) is 19.7. The van der Waals surface area contributed by atoms with Crippen molar-refractivity contribution in [1.29, 1.82) is 0 Å². The van der Waals surface area contributed by atoms with Crippen LogP contribution in [-0.2, 0) is 11.3 Å². The molecule has 0 aliphatic carbocycles. The third-order valence-electron chi connectivity index (χ3n) is 6.63. The lowest BCUT2D eigenvalue weighted by molar-refractivity contribution is 0.0670. The summed E-state index contributed by atoms with van der Waals surface area (Å²) in [4.78, 5) is 19.2. The van der Waals surface area contributed by atoms with E-state index in [1.165, 1.54) is 11.1 Å². The third kappa shape index (κ3) is 5.27. The Morgan fingerprint density at radius 3 is 1.88 bits per heavy atom. The highest BCUT2D eigenvalue weighted by Crippen LogP contribution is 2.29. The molecular formula is C28H31N3O2. The summed E-state index contributed by atoms with van der Waals surface area (Å²) in [7, 11) is 0. The number of amides is 1. The van der Waals surface area contributed by atoms with E-state index in [9.17, 15) is 4.79 Å². The highest BCUT2D eigenvalue weighted by molar-refractivity contribution is 5.70. The van der Waals surface area contributed by atoms with E-state index in [-0.39, 0.29) is 18.2 Å². The molecule has 2 aliphatic heterocycles. The number of carbonyl (C=O) groups excluding carboxylic acids is 1. The Bertz CT molecular complexity index is 981. The van der Waals surface area contributed by atoms with Crippen molar-refractivity contribution in [2.75, 3.05) is 39.3 Å². The molecule has 5 heteroatoms. The molecule has 2 heterocycles. The van der Waals surface area contributed by atoms with Crippen LogP contribution in [0.5, 0.6) is 0 Å². The van der Waals surface area contributed by atoms with E-state index in [1.54, 1.807) is 0 Å². The lowest BCUT2D eigenvalue weighted by atomic mass is 9.96. The van der Waals surface area contributed by atoms with Crippen LogP contribution in [0.15, 0.2) is 91.0 Å². The number of hydrogen-bond donors (Lipinski definition) is 0. The Kier molecular flexibility index (Phi) is 6.70. The van der Waals surface area contributed by atoms with Crippen molar-refractivity contribution in [3.63, 3.8) is 0 Å². The minimum Gasteiger partial charge on any atom is -0.443 e. The van der Waals surface area contributed by atoms with Gasteiger partial charge in [-0.2, -0.15) is 0 Å². The van der Waals surface area contributed by atoms with E-state index in [0.29, 0.717) is 13.1 Å². The van der Waals surface area contributed by atoms with Gasteiger partial charge >= 0.3 is 6.09 Å². The summed E-state index contributed by atoms with van der Waals surface area (Å²) in [6, 6.07) is 31.9. The van der Waals surface area contributed by atoms with Gasteiger partial charge in [0, 0.05) is 39.3 Å². The van der Waals surface area contributed by atoms with Gasteiger partial charge in [-0.1, -0.05) is 91.0 Å². The van der Waals surface area contributed by atoms with Gasteiger partial charge in [0.05, 0.1) is 12.6 Å². The summed E-state index contributed by atoms with van der Waals surface area (Å²) < 4.78 is 5.69. The number of rotatable bonds is 7. The van der Waals surface area contributed by atoms with Crippen LogP contribution in [0.3, 0.4) is 0 Å². The van der Waals surface area contributed by atoms with Gasteiger partial charge < -0.3 is 9.64 Å². The first-order chi connectivity index (χ1) is 16.3. The van der Waals surface area contributed by atoms with Gasteiger partial charge in [0.25, 0.3) is 0 Å². The van der Waals surface area contributed by atoms with Gasteiger partial charge in [-0.3, -0.25) is 9.80 Å². The van der Waals surface area contributed by atoms with Gasteiger partial charge in [0.2, 0.25) is 0 Å². The maximum absolute atomic E-state index is 12.4. The fourth-order valence-electron chi connectivity index (χ4n) is 4.98. The fraction of sp³-hybridized carbons (Fsp3) is 0.321. The van der Waals surface area contributed by atoms with Crippen LogP contribution in [0.2, 0.25) is 0 Å². The molecule has 1 atom stereocenters. The first-order valence-electron chi connectivity index (χ1n) is 11.8. The molecule has 0 unspecified atom stereocenters. The molecule has 5 nitrogen and oxygen atoms in total. The Morgan fingerprint density at radius 1 is 0.758 bits per heavy atom. The van der Waals surface area contributed by atoms with Crippen LogP contribution in [0.4, 0.5) is 4.79 Å². The molecule has 0 spiro atoms. The van der Waals surface area contributed by atoms with Crippen molar-refractivity contribution in [3.05, 3.63) is 108 Å². The first kappa shape index (κ1) is 21.7. The van der Waals surface area contributed by atoms with Crippen molar-refractivity contribution < 1.29 is 9.53 Å². The van der Waals surface area contributed by atoms with E-state index in [0.717, 1.165) is 38.3 Å². The monoisotopic (exact) mass is 441 g/mol. The zero-order valence-corrected chi connectivity index (χ0v) is 18.9. The lowest BCUT2D eigenvalue weighted by Gasteiger charge is -2.40. The van der Waals surface area contributed by atoms with E-state index in [1.807, 2.05) is 23.1 Å². The zero-order chi connectivity index (χ0) is 22.5. The molecule has 33 heavy (non-hydrogen) atoms. The summed E-state index contributed by atoms with van der Waals surface area (Å²) in [5.41, 5.74) is 3.80. The van der Waals surface area contributed by atoms with E-state index >= 15 is 0 Å². The van der Waals surface area contributed by atoms with Crippen LogP contribution >= 0.6 is 0 Å². The SMILES string of the molecule is O=C1O[C@@H](CN2CCN(C(c3ccccc3)c3ccccc3)CC2)CN1Cc1ccccc1. The van der Waals surface area contributed by atoms with Crippen molar-refractivity contribution in [1.82, 2.24) is 14.7 Å². The molecule has 2 saturated heterocycles.